The van der Waals surface area contributed by atoms with E-state index in [9.17, 15) is 9.59 Å². The second kappa shape index (κ2) is 10.9. The Labute approximate surface area is 247 Å². The first-order valence-corrected chi connectivity index (χ1v) is 14.3. The molecular weight excluding hydrogens is 549 g/mol. The summed E-state index contributed by atoms with van der Waals surface area (Å²) in [6.07, 6.45) is 0.841. The Kier molecular flexibility index (Phi) is 7.11. The summed E-state index contributed by atoms with van der Waals surface area (Å²) in [6.45, 7) is 0. The summed E-state index contributed by atoms with van der Waals surface area (Å²) in [5, 5.41) is 9.92. The first-order chi connectivity index (χ1) is 19.8. The molecule has 0 atom stereocenters. The number of rotatable bonds is 6. The largest absolute Gasteiger partial charge is 0.342 e. The molecular formula is C33H28N4O2S2. The summed E-state index contributed by atoms with van der Waals surface area (Å²) in [7, 11) is 3.95. The van der Waals surface area contributed by atoms with E-state index in [1.807, 2.05) is 99.0 Å². The number of benzene rings is 4. The van der Waals surface area contributed by atoms with Gasteiger partial charge < -0.3 is 19.8 Å². The number of amides is 2. The minimum absolute atomic E-state index is 0.150. The predicted octanol–water partition coefficient (Wildman–Crippen LogP) is 8.18. The zero-order valence-corrected chi connectivity index (χ0v) is 24.4. The van der Waals surface area contributed by atoms with E-state index in [-0.39, 0.29) is 24.7 Å². The van der Waals surface area contributed by atoms with Crippen molar-refractivity contribution in [2.24, 2.45) is 14.1 Å². The molecule has 204 valence electrons. The summed E-state index contributed by atoms with van der Waals surface area (Å²) < 4.78 is 5.65. The van der Waals surface area contributed by atoms with Gasteiger partial charge in [0.1, 0.15) is 0 Å². The molecule has 0 saturated carbocycles. The summed E-state index contributed by atoms with van der Waals surface area (Å²) in [5.41, 5.74) is 5.15. The van der Waals surface area contributed by atoms with Crippen LogP contribution in [0.4, 0.5) is 11.4 Å². The number of nitrogens with zero attached hydrogens (tertiary/aromatic N) is 2. The van der Waals surface area contributed by atoms with Gasteiger partial charge in [0.25, 0.3) is 0 Å². The SMILES string of the molecule is Cn1c2ccccc2c(=S)c2cccc(NC(=O)CCCC(=O)Nc3cccc4c(=S)c5ccccc5n(C)c34)c21. The van der Waals surface area contributed by atoms with Gasteiger partial charge in [0, 0.05) is 59.5 Å². The minimum atomic E-state index is -0.150. The van der Waals surface area contributed by atoms with Gasteiger partial charge >= 0.3 is 0 Å². The summed E-state index contributed by atoms with van der Waals surface area (Å²) in [5.74, 6) is -0.300. The highest BCUT2D eigenvalue weighted by molar-refractivity contribution is 7.72. The maximum Gasteiger partial charge on any atom is 0.224 e. The molecule has 4 aromatic carbocycles. The molecule has 0 saturated heterocycles. The molecule has 6 rings (SSSR count). The van der Waals surface area contributed by atoms with Crippen LogP contribution in [0.15, 0.2) is 84.9 Å². The fourth-order valence-corrected chi connectivity index (χ4v) is 6.33. The number of anilines is 2. The number of carbonyl (C=O) groups is 2. The van der Waals surface area contributed by atoms with Crippen LogP contribution in [-0.4, -0.2) is 20.9 Å². The Hall–Kier alpha value is -4.40. The van der Waals surface area contributed by atoms with E-state index < -0.39 is 0 Å². The standard InChI is InChI=1S/C33H28N4O2S2/c1-36-26-16-5-3-10-20(26)32(40)22-12-7-14-24(30(22)36)34-28(38)18-9-19-29(39)35-25-15-8-13-23-31(25)37(2)27-17-6-4-11-21(27)33(23)41/h3-8,10-17H,9,18-19H2,1-2H3,(H,34,38)(H,35,39). The number of carbonyl (C=O) groups excluding carboxylic acids is 2. The molecule has 41 heavy (non-hydrogen) atoms. The van der Waals surface area contributed by atoms with Crippen LogP contribution in [-0.2, 0) is 23.7 Å². The van der Waals surface area contributed by atoms with Crippen LogP contribution < -0.4 is 10.6 Å². The quantitative estimate of drug-likeness (QED) is 0.155. The smallest absolute Gasteiger partial charge is 0.224 e. The average Bonchev–Trinajstić information content (AvgIpc) is 2.98. The molecule has 0 spiro atoms. The zero-order valence-electron chi connectivity index (χ0n) is 22.7. The molecule has 6 aromatic rings. The van der Waals surface area contributed by atoms with Crippen LogP contribution >= 0.6 is 24.4 Å². The lowest BCUT2D eigenvalue weighted by Crippen LogP contribution is -2.16. The number of nitrogens with one attached hydrogen (secondary N) is 2. The molecule has 0 aliphatic heterocycles. The zero-order chi connectivity index (χ0) is 28.7. The van der Waals surface area contributed by atoms with E-state index in [0.717, 1.165) is 52.6 Å². The number of aromatic nitrogens is 2. The van der Waals surface area contributed by atoms with Crippen LogP contribution in [0.3, 0.4) is 0 Å². The van der Waals surface area contributed by atoms with E-state index in [4.69, 9.17) is 24.4 Å². The van der Waals surface area contributed by atoms with Crippen LogP contribution in [0.2, 0.25) is 0 Å². The Morgan fingerprint density at radius 3 is 1.41 bits per heavy atom. The average molecular weight is 577 g/mol. The Balaban J connectivity index is 1.17. The molecule has 0 bridgehead atoms. The molecule has 0 aliphatic carbocycles. The van der Waals surface area contributed by atoms with Crippen LogP contribution in [0.1, 0.15) is 19.3 Å². The minimum Gasteiger partial charge on any atom is -0.342 e. The maximum absolute atomic E-state index is 12.9. The first-order valence-electron chi connectivity index (χ1n) is 13.5. The Bertz CT molecular complexity index is 1990. The molecule has 2 heterocycles. The van der Waals surface area contributed by atoms with Crippen LogP contribution in [0.5, 0.6) is 0 Å². The van der Waals surface area contributed by atoms with Gasteiger partial charge in [-0.3, -0.25) is 9.59 Å². The van der Waals surface area contributed by atoms with Crippen molar-refractivity contribution in [1.29, 1.82) is 0 Å². The lowest BCUT2D eigenvalue weighted by molar-refractivity contribution is -0.117. The molecule has 2 amide bonds. The lowest BCUT2D eigenvalue weighted by Gasteiger charge is -2.16. The molecule has 2 aromatic heterocycles. The number of hydrogen-bond acceptors (Lipinski definition) is 4. The van der Waals surface area contributed by atoms with Crippen LogP contribution in [0.25, 0.3) is 43.6 Å². The van der Waals surface area contributed by atoms with Gasteiger partial charge in [0.15, 0.2) is 0 Å². The van der Waals surface area contributed by atoms with E-state index in [2.05, 4.69) is 19.8 Å². The van der Waals surface area contributed by atoms with Gasteiger partial charge in [-0.25, -0.2) is 0 Å². The second-order valence-corrected chi connectivity index (χ2v) is 11.0. The third kappa shape index (κ3) is 4.79. The van der Waals surface area contributed by atoms with Gasteiger partial charge in [-0.2, -0.15) is 0 Å². The molecule has 0 radical (unpaired) electrons. The number of aryl methyl sites for hydroxylation is 2. The molecule has 0 aliphatic rings. The van der Waals surface area contributed by atoms with E-state index in [1.54, 1.807) is 0 Å². The first kappa shape index (κ1) is 26.8. The van der Waals surface area contributed by atoms with E-state index in [0.29, 0.717) is 17.8 Å². The molecule has 0 unspecified atom stereocenters. The molecule has 0 fully saturated rings. The van der Waals surface area contributed by atoms with Crippen molar-refractivity contribution in [3.05, 3.63) is 93.9 Å². The number of para-hydroxylation sites is 4. The van der Waals surface area contributed by atoms with Gasteiger partial charge in [-0.1, -0.05) is 85.1 Å². The fourth-order valence-electron chi connectivity index (χ4n) is 5.66. The van der Waals surface area contributed by atoms with Crippen molar-refractivity contribution >= 4 is 91.2 Å². The van der Waals surface area contributed by atoms with Crippen molar-refractivity contribution < 1.29 is 9.59 Å². The van der Waals surface area contributed by atoms with E-state index in [1.165, 1.54) is 0 Å². The lowest BCUT2D eigenvalue weighted by atomic mass is 10.1. The van der Waals surface area contributed by atoms with Gasteiger partial charge in [0.05, 0.1) is 31.4 Å². The van der Waals surface area contributed by atoms with Crippen molar-refractivity contribution in [2.75, 3.05) is 10.6 Å². The maximum atomic E-state index is 12.9. The van der Waals surface area contributed by atoms with E-state index >= 15 is 0 Å². The highest BCUT2D eigenvalue weighted by Crippen LogP contribution is 2.31. The van der Waals surface area contributed by atoms with Gasteiger partial charge in [0.2, 0.25) is 11.8 Å². The predicted molar refractivity (Wildman–Crippen MR) is 174 cm³/mol. The summed E-state index contributed by atoms with van der Waals surface area (Å²) in [4.78, 5) is 25.9. The van der Waals surface area contributed by atoms with Gasteiger partial charge in [-0.15, -0.1) is 0 Å². The number of fused-ring (bicyclic) bond motifs is 4. The summed E-state index contributed by atoms with van der Waals surface area (Å²) in [6, 6.07) is 27.5. The van der Waals surface area contributed by atoms with Crippen molar-refractivity contribution in [2.45, 2.75) is 19.3 Å². The highest BCUT2D eigenvalue weighted by Gasteiger charge is 2.14. The van der Waals surface area contributed by atoms with Crippen molar-refractivity contribution in [1.82, 2.24) is 9.13 Å². The third-order valence-corrected chi connectivity index (χ3v) is 8.49. The van der Waals surface area contributed by atoms with Gasteiger partial charge in [-0.05, 0) is 30.7 Å². The topological polar surface area (TPSA) is 68.1 Å². The van der Waals surface area contributed by atoms with Crippen molar-refractivity contribution in [3.63, 3.8) is 0 Å². The molecule has 6 nitrogen and oxygen atoms in total. The third-order valence-electron chi connectivity index (χ3n) is 7.61. The number of pyridine rings is 2. The number of hydrogen-bond donors (Lipinski definition) is 2. The normalized spacial score (nSPS) is 11.4. The summed E-state index contributed by atoms with van der Waals surface area (Å²) >= 11 is 11.5. The monoisotopic (exact) mass is 576 g/mol. The fraction of sp³-hybridized carbons (Fsp3) is 0.152. The molecule has 8 heteroatoms. The highest BCUT2D eigenvalue weighted by atomic mass is 32.1. The Morgan fingerprint density at radius 2 is 0.976 bits per heavy atom. The van der Waals surface area contributed by atoms with Crippen molar-refractivity contribution in [3.8, 4) is 0 Å². The molecule has 2 N–H and O–H groups in total. The Morgan fingerprint density at radius 1 is 0.585 bits per heavy atom. The van der Waals surface area contributed by atoms with Crippen LogP contribution in [0, 0.1) is 9.02 Å². The second-order valence-electron chi connectivity index (χ2n) is 10.2.